The van der Waals surface area contributed by atoms with Crippen molar-refractivity contribution in [1.82, 2.24) is 5.32 Å². The Bertz CT molecular complexity index is 844. The first-order valence-electron chi connectivity index (χ1n) is 7.96. The quantitative estimate of drug-likeness (QED) is 0.810. The Morgan fingerprint density at radius 2 is 2.04 bits per heavy atom. The first-order chi connectivity index (χ1) is 12.0. The molecule has 0 spiro atoms. The Morgan fingerprint density at radius 1 is 1.24 bits per heavy atom. The van der Waals surface area contributed by atoms with Gasteiger partial charge in [-0.25, -0.2) is 8.42 Å². The number of hydrogen-bond acceptors (Lipinski definition) is 6. The van der Waals surface area contributed by atoms with Crippen molar-refractivity contribution in [3.8, 4) is 11.5 Å². The van der Waals surface area contributed by atoms with E-state index in [-0.39, 0.29) is 29.9 Å². The van der Waals surface area contributed by atoms with E-state index >= 15 is 0 Å². The number of carbonyl (C=O) groups excluding carboxylic acids is 1. The van der Waals surface area contributed by atoms with E-state index in [0.29, 0.717) is 24.3 Å². The van der Waals surface area contributed by atoms with Crippen molar-refractivity contribution in [2.24, 2.45) is 0 Å². The maximum Gasteiger partial charge on any atom is 0.231 e. The zero-order chi connectivity index (χ0) is 17.9. The molecule has 8 heteroatoms. The van der Waals surface area contributed by atoms with Gasteiger partial charge in [-0.15, -0.1) is 0 Å². The van der Waals surface area contributed by atoms with E-state index in [4.69, 9.17) is 13.9 Å². The molecular weight excluding hydrogens is 346 g/mol. The van der Waals surface area contributed by atoms with Crippen molar-refractivity contribution in [1.29, 1.82) is 0 Å². The van der Waals surface area contributed by atoms with E-state index < -0.39 is 15.1 Å². The van der Waals surface area contributed by atoms with Crippen molar-refractivity contribution < 1.29 is 27.1 Å². The van der Waals surface area contributed by atoms with Gasteiger partial charge in [-0.05, 0) is 30.7 Å². The molecule has 1 aliphatic rings. The number of amides is 1. The van der Waals surface area contributed by atoms with Gasteiger partial charge in [0, 0.05) is 19.0 Å². The summed E-state index contributed by atoms with van der Waals surface area (Å²) in [7, 11) is -3.80. The summed E-state index contributed by atoms with van der Waals surface area (Å²) in [6.07, 6.45) is 2.44. The molecular formula is C17H19NO6S. The molecule has 1 atom stereocenters. The van der Waals surface area contributed by atoms with Crippen LogP contribution in [0.3, 0.4) is 0 Å². The summed E-state index contributed by atoms with van der Waals surface area (Å²) in [4.78, 5) is 11.8. The van der Waals surface area contributed by atoms with Gasteiger partial charge < -0.3 is 19.2 Å². The minimum absolute atomic E-state index is 0.0630. The summed E-state index contributed by atoms with van der Waals surface area (Å²) in [6.45, 7) is 1.88. The third-order valence-electron chi connectivity index (χ3n) is 3.87. The largest absolute Gasteiger partial charge is 0.468 e. The SMILES string of the molecule is CCCC(=O)NC[C@@H](c1ccco1)S(=O)(=O)c1ccc2c(c1)OCO2. The van der Waals surface area contributed by atoms with Gasteiger partial charge in [0.15, 0.2) is 21.3 Å². The predicted octanol–water partition coefficient (Wildman–Crippen LogP) is 2.44. The van der Waals surface area contributed by atoms with Crippen LogP contribution in [0.5, 0.6) is 11.5 Å². The van der Waals surface area contributed by atoms with E-state index in [1.165, 1.54) is 18.4 Å². The Balaban J connectivity index is 1.90. The van der Waals surface area contributed by atoms with Crippen LogP contribution in [0.2, 0.25) is 0 Å². The second kappa shape index (κ2) is 7.18. The van der Waals surface area contributed by atoms with E-state index in [1.807, 2.05) is 6.92 Å². The number of rotatable bonds is 7. The van der Waals surface area contributed by atoms with Crippen LogP contribution in [-0.2, 0) is 14.6 Å². The molecule has 1 aromatic carbocycles. The number of carbonyl (C=O) groups is 1. The van der Waals surface area contributed by atoms with Crippen LogP contribution in [0.4, 0.5) is 0 Å². The van der Waals surface area contributed by atoms with Crippen molar-refractivity contribution >= 4 is 15.7 Å². The van der Waals surface area contributed by atoms with Gasteiger partial charge in [0.2, 0.25) is 12.7 Å². The number of fused-ring (bicyclic) bond motifs is 1. The summed E-state index contributed by atoms with van der Waals surface area (Å²) >= 11 is 0. The Kier molecular flexibility index (Phi) is 4.98. The molecule has 1 aliphatic heterocycles. The minimum atomic E-state index is -3.80. The Labute approximate surface area is 145 Å². The van der Waals surface area contributed by atoms with Crippen LogP contribution < -0.4 is 14.8 Å². The summed E-state index contributed by atoms with van der Waals surface area (Å²) in [5.41, 5.74) is 0. The average molecular weight is 365 g/mol. The standard InChI is InChI=1S/C17H19NO6S/c1-2-4-17(19)18-10-16(14-5-3-8-22-14)25(20,21)12-6-7-13-15(9-12)24-11-23-13/h3,5-9,16H,2,4,10-11H2,1H3,(H,18,19)/t16-/m0/s1. The van der Waals surface area contributed by atoms with Crippen LogP contribution in [0.15, 0.2) is 45.9 Å². The van der Waals surface area contributed by atoms with Crippen LogP contribution in [0, 0.1) is 0 Å². The van der Waals surface area contributed by atoms with Crippen molar-refractivity contribution in [3.63, 3.8) is 0 Å². The zero-order valence-corrected chi connectivity index (χ0v) is 14.5. The molecule has 2 heterocycles. The molecule has 1 aromatic heterocycles. The monoisotopic (exact) mass is 365 g/mol. The second-order valence-corrected chi connectivity index (χ2v) is 7.75. The molecule has 0 fully saturated rings. The molecule has 0 saturated carbocycles. The number of furan rings is 1. The van der Waals surface area contributed by atoms with Crippen molar-refractivity contribution in [2.75, 3.05) is 13.3 Å². The fraction of sp³-hybridized carbons (Fsp3) is 0.353. The smallest absolute Gasteiger partial charge is 0.231 e. The van der Waals surface area contributed by atoms with E-state index in [0.717, 1.165) is 0 Å². The van der Waals surface area contributed by atoms with Gasteiger partial charge in [-0.3, -0.25) is 4.79 Å². The Morgan fingerprint density at radius 3 is 2.76 bits per heavy atom. The van der Waals surface area contributed by atoms with Gasteiger partial charge in [0.1, 0.15) is 11.0 Å². The molecule has 0 aliphatic carbocycles. The lowest BCUT2D eigenvalue weighted by atomic mass is 10.3. The molecule has 2 aromatic rings. The number of nitrogens with one attached hydrogen (secondary N) is 1. The molecule has 0 saturated heterocycles. The average Bonchev–Trinajstić information content (AvgIpc) is 3.26. The molecule has 0 bridgehead atoms. The van der Waals surface area contributed by atoms with Gasteiger partial charge >= 0.3 is 0 Å². The molecule has 1 amide bonds. The van der Waals surface area contributed by atoms with Crippen LogP contribution in [-0.4, -0.2) is 27.7 Å². The molecule has 0 radical (unpaired) electrons. The van der Waals surface area contributed by atoms with E-state index in [9.17, 15) is 13.2 Å². The minimum Gasteiger partial charge on any atom is -0.468 e. The van der Waals surface area contributed by atoms with Gasteiger partial charge in [-0.1, -0.05) is 6.92 Å². The maximum absolute atomic E-state index is 13.1. The summed E-state index contributed by atoms with van der Waals surface area (Å²) in [6, 6.07) is 7.66. The second-order valence-electron chi connectivity index (χ2n) is 5.62. The maximum atomic E-state index is 13.1. The first-order valence-corrected chi connectivity index (χ1v) is 9.50. The highest BCUT2D eigenvalue weighted by atomic mass is 32.2. The third-order valence-corrected chi connectivity index (χ3v) is 5.93. The fourth-order valence-corrected chi connectivity index (χ4v) is 4.18. The first kappa shape index (κ1) is 17.3. The highest BCUT2D eigenvalue weighted by molar-refractivity contribution is 7.91. The number of ether oxygens (including phenoxy) is 2. The highest BCUT2D eigenvalue weighted by Gasteiger charge is 2.33. The molecule has 3 rings (SSSR count). The van der Waals surface area contributed by atoms with Gasteiger partial charge in [-0.2, -0.15) is 0 Å². The van der Waals surface area contributed by atoms with Crippen LogP contribution in [0.1, 0.15) is 30.8 Å². The van der Waals surface area contributed by atoms with Gasteiger partial charge in [0.05, 0.1) is 11.2 Å². The molecule has 134 valence electrons. The molecule has 1 N–H and O–H groups in total. The highest BCUT2D eigenvalue weighted by Crippen LogP contribution is 2.37. The lowest BCUT2D eigenvalue weighted by Crippen LogP contribution is -2.31. The van der Waals surface area contributed by atoms with E-state index in [2.05, 4.69) is 5.32 Å². The number of sulfone groups is 1. The van der Waals surface area contributed by atoms with Crippen molar-refractivity contribution in [2.45, 2.75) is 29.9 Å². The normalized spacial score (nSPS) is 14.3. The fourth-order valence-electron chi connectivity index (χ4n) is 2.58. The molecule has 7 nitrogen and oxygen atoms in total. The predicted molar refractivity (Wildman–Crippen MR) is 89.1 cm³/mol. The van der Waals surface area contributed by atoms with Gasteiger partial charge in [0.25, 0.3) is 0 Å². The molecule has 25 heavy (non-hydrogen) atoms. The molecule has 0 unspecified atom stereocenters. The lowest BCUT2D eigenvalue weighted by molar-refractivity contribution is -0.121. The van der Waals surface area contributed by atoms with Crippen LogP contribution in [0.25, 0.3) is 0 Å². The number of benzene rings is 1. The number of hydrogen-bond donors (Lipinski definition) is 1. The summed E-state index contributed by atoms with van der Waals surface area (Å²) in [5, 5.41) is 1.64. The summed E-state index contributed by atoms with van der Waals surface area (Å²) < 4.78 is 42.0. The summed E-state index contributed by atoms with van der Waals surface area (Å²) in [5.74, 6) is 0.966. The van der Waals surface area contributed by atoms with E-state index in [1.54, 1.807) is 18.2 Å². The topological polar surface area (TPSA) is 94.8 Å². The van der Waals surface area contributed by atoms with Crippen molar-refractivity contribution in [3.05, 3.63) is 42.4 Å². The third kappa shape index (κ3) is 3.63. The Hall–Kier alpha value is -2.48. The lowest BCUT2D eigenvalue weighted by Gasteiger charge is -2.17. The van der Waals surface area contributed by atoms with Crippen LogP contribution >= 0.6 is 0 Å². The zero-order valence-electron chi connectivity index (χ0n) is 13.7.